The molecule has 5 heteroatoms. The van der Waals surface area contributed by atoms with E-state index in [2.05, 4.69) is 4.98 Å². The van der Waals surface area contributed by atoms with Gasteiger partial charge in [-0.25, -0.2) is 9.18 Å². The Labute approximate surface area is 116 Å². The molecule has 0 spiro atoms. The summed E-state index contributed by atoms with van der Waals surface area (Å²) < 4.78 is 13.2. The molecule has 0 radical (unpaired) electrons. The Hall–Kier alpha value is -2.43. The van der Waals surface area contributed by atoms with Crippen molar-refractivity contribution in [3.63, 3.8) is 0 Å². The molecular formula is C15H15FN2O2. The maximum absolute atomic E-state index is 13.2. The number of aromatic nitrogens is 1. The zero-order valence-electron chi connectivity index (χ0n) is 11.3. The molecule has 1 aromatic heterocycles. The molecule has 104 valence electrons. The van der Waals surface area contributed by atoms with Gasteiger partial charge < -0.3 is 10.0 Å². The minimum absolute atomic E-state index is 0.134. The standard InChI is InChI=1S/C15H15FN2O2/c1-10-6-14(13(8-17-10)15(19)20)18(2)9-11-4-3-5-12(16)7-11/h3-8H,9H2,1-2H3,(H,19,20). The third-order valence-electron chi connectivity index (χ3n) is 2.97. The first-order valence-corrected chi connectivity index (χ1v) is 6.13. The van der Waals surface area contributed by atoms with Gasteiger partial charge in [0.05, 0.1) is 5.69 Å². The van der Waals surface area contributed by atoms with Gasteiger partial charge in [-0.3, -0.25) is 4.98 Å². The van der Waals surface area contributed by atoms with Crippen molar-refractivity contribution in [2.75, 3.05) is 11.9 Å². The molecular weight excluding hydrogens is 259 g/mol. The lowest BCUT2D eigenvalue weighted by atomic mass is 10.1. The highest BCUT2D eigenvalue weighted by Gasteiger charge is 2.14. The number of nitrogens with zero attached hydrogens (tertiary/aromatic N) is 2. The first-order valence-electron chi connectivity index (χ1n) is 6.13. The number of hydrogen-bond donors (Lipinski definition) is 1. The van der Waals surface area contributed by atoms with Crippen LogP contribution in [0.2, 0.25) is 0 Å². The van der Waals surface area contributed by atoms with Crippen molar-refractivity contribution in [2.24, 2.45) is 0 Å². The van der Waals surface area contributed by atoms with Crippen LogP contribution in [0.1, 0.15) is 21.6 Å². The molecule has 2 rings (SSSR count). The van der Waals surface area contributed by atoms with Crippen molar-refractivity contribution in [3.8, 4) is 0 Å². The minimum atomic E-state index is -1.03. The minimum Gasteiger partial charge on any atom is -0.478 e. The fourth-order valence-electron chi connectivity index (χ4n) is 2.02. The zero-order valence-corrected chi connectivity index (χ0v) is 11.3. The average Bonchev–Trinajstić information content (AvgIpc) is 2.38. The molecule has 0 atom stereocenters. The Balaban J connectivity index is 2.31. The van der Waals surface area contributed by atoms with Crippen LogP contribution in [-0.2, 0) is 6.54 Å². The Morgan fingerprint density at radius 1 is 1.40 bits per heavy atom. The average molecular weight is 274 g/mol. The number of carboxylic acids is 1. The topological polar surface area (TPSA) is 53.4 Å². The fourth-order valence-corrected chi connectivity index (χ4v) is 2.02. The molecule has 0 aliphatic carbocycles. The quantitative estimate of drug-likeness (QED) is 0.931. The molecule has 0 saturated heterocycles. The van der Waals surface area contributed by atoms with Crippen LogP contribution < -0.4 is 4.90 Å². The Bertz CT molecular complexity index is 644. The number of aryl methyl sites for hydroxylation is 1. The van der Waals surface area contributed by atoms with E-state index in [9.17, 15) is 14.3 Å². The second-order valence-corrected chi connectivity index (χ2v) is 4.63. The Morgan fingerprint density at radius 2 is 2.15 bits per heavy atom. The molecule has 2 aromatic rings. The normalized spacial score (nSPS) is 10.3. The summed E-state index contributed by atoms with van der Waals surface area (Å²) >= 11 is 0. The van der Waals surface area contributed by atoms with Gasteiger partial charge in [-0.05, 0) is 30.7 Å². The third-order valence-corrected chi connectivity index (χ3v) is 2.97. The molecule has 1 N–H and O–H groups in total. The van der Waals surface area contributed by atoms with Crippen LogP contribution in [0.5, 0.6) is 0 Å². The number of rotatable bonds is 4. The monoisotopic (exact) mass is 274 g/mol. The number of aromatic carboxylic acids is 1. The lowest BCUT2D eigenvalue weighted by molar-refractivity contribution is 0.0697. The molecule has 0 aliphatic rings. The van der Waals surface area contributed by atoms with Gasteiger partial charge in [0, 0.05) is 25.5 Å². The summed E-state index contributed by atoms with van der Waals surface area (Å²) in [4.78, 5) is 17.0. The predicted molar refractivity (Wildman–Crippen MR) is 74.4 cm³/mol. The molecule has 0 amide bonds. The lowest BCUT2D eigenvalue weighted by Crippen LogP contribution is -2.20. The summed E-state index contributed by atoms with van der Waals surface area (Å²) in [5.74, 6) is -1.33. The van der Waals surface area contributed by atoms with Crippen LogP contribution in [-0.4, -0.2) is 23.1 Å². The summed E-state index contributed by atoms with van der Waals surface area (Å²) in [7, 11) is 1.77. The lowest BCUT2D eigenvalue weighted by Gasteiger charge is -2.21. The van der Waals surface area contributed by atoms with E-state index in [4.69, 9.17) is 0 Å². The van der Waals surface area contributed by atoms with E-state index >= 15 is 0 Å². The van der Waals surface area contributed by atoms with Gasteiger partial charge in [-0.1, -0.05) is 12.1 Å². The summed E-state index contributed by atoms with van der Waals surface area (Å²) in [6.45, 7) is 2.21. The number of halogens is 1. The van der Waals surface area contributed by atoms with Gasteiger partial charge in [-0.2, -0.15) is 0 Å². The number of pyridine rings is 1. The van der Waals surface area contributed by atoms with Crippen LogP contribution in [0.15, 0.2) is 36.5 Å². The SMILES string of the molecule is Cc1cc(N(C)Cc2cccc(F)c2)c(C(=O)O)cn1. The van der Waals surface area contributed by atoms with Crippen molar-refractivity contribution in [1.29, 1.82) is 0 Å². The Morgan fingerprint density at radius 3 is 2.80 bits per heavy atom. The molecule has 1 aromatic carbocycles. The summed E-state index contributed by atoms with van der Waals surface area (Å²) in [6.07, 6.45) is 1.34. The van der Waals surface area contributed by atoms with Gasteiger partial charge in [0.1, 0.15) is 11.4 Å². The van der Waals surface area contributed by atoms with Crippen LogP contribution in [0.4, 0.5) is 10.1 Å². The first-order chi connectivity index (χ1) is 9.47. The van der Waals surface area contributed by atoms with Gasteiger partial charge in [0.2, 0.25) is 0 Å². The summed E-state index contributed by atoms with van der Waals surface area (Å²) in [5.41, 5.74) is 2.21. The zero-order chi connectivity index (χ0) is 14.7. The van der Waals surface area contributed by atoms with E-state index in [1.165, 1.54) is 18.3 Å². The van der Waals surface area contributed by atoms with Gasteiger partial charge in [-0.15, -0.1) is 0 Å². The summed E-state index contributed by atoms with van der Waals surface area (Å²) in [6, 6.07) is 7.96. The predicted octanol–water partition coefficient (Wildman–Crippen LogP) is 2.86. The maximum Gasteiger partial charge on any atom is 0.339 e. The molecule has 0 aliphatic heterocycles. The van der Waals surface area contributed by atoms with E-state index in [1.807, 2.05) is 0 Å². The van der Waals surface area contributed by atoms with E-state index in [0.29, 0.717) is 12.2 Å². The highest BCUT2D eigenvalue weighted by atomic mass is 19.1. The molecule has 0 fully saturated rings. The van der Waals surface area contributed by atoms with E-state index < -0.39 is 5.97 Å². The summed E-state index contributed by atoms with van der Waals surface area (Å²) in [5, 5.41) is 9.19. The van der Waals surface area contributed by atoms with Crippen LogP contribution >= 0.6 is 0 Å². The first kappa shape index (κ1) is 14.0. The molecule has 20 heavy (non-hydrogen) atoms. The van der Waals surface area contributed by atoms with Crippen molar-refractivity contribution in [2.45, 2.75) is 13.5 Å². The number of anilines is 1. The third kappa shape index (κ3) is 3.12. The van der Waals surface area contributed by atoms with Crippen molar-refractivity contribution < 1.29 is 14.3 Å². The van der Waals surface area contributed by atoms with E-state index in [1.54, 1.807) is 37.1 Å². The van der Waals surface area contributed by atoms with Crippen LogP contribution in [0.25, 0.3) is 0 Å². The second kappa shape index (κ2) is 5.69. The smallest absolute Gasteiger partial charge is 0.339 e. The maximum atomic E-state index is 13.2. The van der Waals surface area contributed by atoms with Gasteiger partial charge in [0.25, 0.3) is 0 Å². The highest BCUT2D eigenvalue weighted by molar-refractivity contribution is 5.94. The molecule has 0 saturated carbocycles. The van der Waals surface area contributed by atoms with Gasteiger partial charge in [0.15, 0.2) is 0 Å². The van der Waals surface area contributed by atoms with Crippen LogP contribution in [0, 0.1) is 12.7 Å². The Kier molecular flexibility index (Phi) is 3.98. The molecule has 4 nitrogen and oxygen atoms in total. The molecule has 0 bridgehead atoms. The molecule has 1 heterocycles. The van der Waals surface area contributed by atoms with Crippen molar-refractivity contribution in [1.82, 2.24) is 4.98 Å². The largest absolute Gasteiger partial charge is 0.478 e. The number of carbonyl (C=O) groups is 1. The second-order valence-electron chi connectivity index (χ2n) is 4.63. The van der Waals surface area contributed by atoms with Gasteiger partial charge >= 0.3 is 5.97 Å². The van der Waals surface area contributed by atoms with Crippen molar-refractivity contribution in [3.05, 3.63) is 59.2 Å². The molecule has 0 unspecified atom stereocenters. The van der Waals surface area contributed by atoms with E-state index in [0.717, 1.165) is 11.3 Å². The number of hydrogen-bond acceptors (Lipinski definition) is 3. The highest BCUT2D eigenvalue weighted by Crippen LogP contribution is 2.21. The van der Waals surface area contributed by atoms with Crippen molar-refractivity contribution >= 4 is 11.7 Å². The fraction of sp³-hybridized carbons (Fsp3) is 0.200. The number of carboxylic acid groups (broad SMARTS) is 1. The number of benzene rings is 1. The van der Waals surface area contributed by atoms with Crippen LogP contribution in [0.3, 0.4) is 0 Å². The van der Waals surface area contributed by atoms with E-state index in [-0.39, 0.29) is 11.4 Å².